The number of halogens is 1. The van der Waals surface area contributed by atoms with Gasteiger partial charge in [-0.05, 0) is 30.4 Å². The van der Waals surface area contributed by atoms with Crippen molar-refractivity contribution in [1.29, 1.82) is 0 Å². The molecule has 0 amide bonds. The lowest BCUT2D eigenvalue weighted by molar-refractivity contribution is -0.578. The highest BCUT2D eigenvalue weighted by Crippen LogP contribution is 2.23. The average molecular weight is 389 g/mol. The van der Waals surface area contributed by atoms with Crippen LogP contribution in [0.4, 0.5) is 0 Å². The molecule has 0 aliphatic heterocycles. The Bertz CT molecular complexity index is 771. The van der Waals surface area contributed by atoms with Crippen LogP contribution in [0.5, 0.6) is 0 Å². The first-order valence-electron chi connectivity index (χ1n) is 7.08. The molecule has 0 saturated carbocycles. The lowest BCUT2D eigenvalue weighted by Gasteiger charge is -2.17. The fraction of sp³-hybridized carbons (Fsp3) is 0.111. The number of aromatic nitrogens is 1. The topological polar surface area (TPSA) is 39.0 Å². The lowest BCUT2D eigenvalue weighted by atomic mass is 10.1. The molecule has 0 radical (unpaired) electrons. The van der Waals surface area contributed by atoms with E-state index >= 15 is 0 Å². The predicted molar refractivity (Wildman–Crippen MR) is 99.4 cm³/mol. The van der Waals surface area contributed by atoms with Crippen LogP contribution in [-0.4, -0.2) is 11.5 Å². The zero-order chi connectivity index (χ0) is 16.8. The summed E-state index contributed by atoms with van der Waals surface area (Å²) >= 11 is 8.86. The summed E-state index contributed by atoms with van der Waals surface area (Å²) in [7, 11) is 0. The van der Waals surface area contributed by atoms with E-state index in [2.05, 4.69) is 27.8 Å². The second kappa shape index (κ2) is 8.04. The van der Waals surface area contributed by atoms with Gasteiger partial charge in [0.1, 0.15) is 0 Å². The van der Waals surface area contributed by atoms with Gasteiger partial charge in [-0.1, -0.05) is 52.4 Å². The SMILES string of the molecule is C=CCNC(=S)/C(=C(\[O-])c1ccccc1Br)[n+]1cccc(C)c1. The van der Waals surface area contributed by atoms with Crippen LogP contribution in [0.25, 0.3) is 11.5 Å². The molecule has 23 heavy (non-hydrogen) atoms. The number of pyridine rings is 1. The number of hydrogen-bond acceptors (Lipinski definition) is 2. The van der Waals surface area contributed by atoms with Crippen molar-refractivity contribution in [3.8, 4) is 0 Å². The Labute approximate surface area is 150 Å². The molecule has 0 aliphatic carbocycles. The zero-order valence-corrected chi connectivity index (χ0v) is 15.2. The second-order valence-corrected chi connectivity index (χ2v) is 6.21. The van der Waals surface area contributed by atoms with Gasteiger partial charge in [0.25, 0.3) is 0 Å². The van der Waals surface area contributed by atoms with Gasteiger partial charge in [0, 0.05) is 22.6 Å². The van der Waals surface area contributed by atoms with Crippen LogP contribution in [0, 0.1) is 6.92 Å². The maximum absolute atomic E-state index is 13.0. The normalized spacial score (nSPS) is 11.6. The summed E-state index contributed by atoms with van der Waals surface area (Å²) < 4.78 is 2.50. The van der Waals surface area contributed by atoms with Gasteiger partial charge >= 0.3 is 0 Å². The van der Waals surface area contributed by atoms with Gasteiger partial charge in [0.05, 0.1) is 0 Å². The van der Waals surface area contributed by atoms with Crippen molar-refractivity contribution in [2.45, 2.75) is 6.92 Å². The molecule has 1 N–H and O–H groups in total. The quantitative estimate of drug-likeness (QED) is 0.281. The number of aryl methyl sites for hydroxylation is 1. The van der Waals surface area contributed by atoms with E-state index < -0.39 is 0 Å². The first-order valence-corrected chi connectivity index (χ1v) is 8.28. The molecule has 0 unspecified atom stereocenters. The summed E-state index contributed by atoms with van der Waals surface area (Å²) in [6, 6.07) is 11.2. The molecule has 0 fully saturated rings. The number of nitrogens with one attached hydrogen (secondary N) is 1. The molecule has 3 nitrogen and oxygen atoms in total. The van der Waals surface area contributed by atoms with Crippen LogP contribution >= 0.6 is 28.1 Å². The average Bonchev–Trinajstić information content (AvgIpc) is 2.53. The third-order valence-electron chi connectivity index (χ3n) is 3.16. The minimum atomic E-state index is -0.144. The van der Waals surface area contributed by atoms with Crippen molar-refractivity contribution in [1.82, 2.24) is 5.32 Å². The molecule has 0 saturated heterocycles. The standard InChI is InChI=1S/C18H17BrN2OS/c1-3-10-20-18(23)16(21-11-6-7-13(2)12-21)17(22)14-8-4-5-9-15(14)19/h3-9,11-12H,1,10H2,2H3,(H-,20,22,23). The Morgan fingerprint density at radius 1 is 1.35 bits per heavy atom. The number of rotatable bonds is 5. The minimum absolute atomic E-state index is 0.144. The van der Waals surface area contributed by atoms with E-state index in [9.17, 15) is 5.11 Å². The molecule has 1 aromatic carbocycles. The monoisotopic (exact) mass is 388 g/mol. The third kappa shape index (κ3) is 4.27. The van der Waals surface area contributed by atoms with Crippen LogP contribution in [-0.2, 0) is 0 Å². The van der Waals surface area contributed by atoms with Crippen molar-refractivity contribution in [2.24, 2.45) is 0 Å². The molecule has 118 valence electrons. The smallest absolute Gasteiger partial charge is 0.238 e. The van der Waals surface area contributed by atoms with Gasteiger partial charge < -0.3 is 10.4 Å². The third-order valence-corrected chi connectivity index (χ3v) is 4.19. The molecule has 0 spiro atoms. The highest BCUT2D eigenvalue weighted by Gasteiger charge is 2.19. The molecule has 2 aromatic rings. The van der Waals surface area contributed by atoms with Gasteiger partial charge in [-0.3, -0.25) is 0 Å². The van der Waals surface area contributed by atoms with Gasteiger partial charge in [-0.15, -0.1) is 6.58 Å². The van der Waals surface area contributed by atoms with E-state index in [1.54, 1.807) is 16.7 Å². The van der Waals surface area contributed by atoms with Crippen LogP contribution in [0.2, 0.25) is 0 Å². The molecule has 0 aliphatic rings. The summed E-state index contributed by atoms with van der Waals surface area (Å²) in [6.07, 6.45) is 5.40. The number of benzene rings is 1. The minimum Gasteiger partial charge on any atom is -0.867 e. The summed E-state index contributed by atoms with van der Waals surface area (Å²) in [5, 5.41) is 16.1. The van der Waals surface area contributed by atoms with Crippen LogP contribution in [0.1, 0.15) is 11.1 Å². The van der Waals surface area contributed by atoms with Crippen molar-refractivity contribution >= 4 is 44.6 Å². The van der Waals surface area contributed by atoms with E-state index in [0.29, 0.717) is 22.8 Å². The summed E-state index contributed by atoms with van der Waals surface area (Å²) in [4.78, 5) is 0.390. The maximum atomic E-state index is 13.0. The summed E-state index contributed by atoms with van der Waals surface area (Å²) in [5.74, 6) is -0.144. The van der Waals surface area contributed by atoms with Crippen LogP contribution in [0.15, 0.2) is 65.9 Å². The predicted octanol–water partition coefficient (Wildman–Crippen LogP) is 2.83. The fourth-order valence-electron chi connectivity index (χ4n) is 2.09. The Kier molecular flexibility index (Phi) is 6.07. The molecule has 1 aromatic heterocycles. The Hall–Kier alpha value is -1.98. The molecule has 2 rings (SSSR count). The van der Waals surface area contributed by atoms with Gasteiger partial charge in [0.15, 0.2) is 17.4 Å². The van der Waals surface area contributed by atoms with E-state index in [1.165, 1.54) is 0 Å². The van der Waals surface area contributed by atoms with Crippen molar-refractivity contribution < 1.29 is 9.67 Å². The van der Waals surface area contributed by atoms with Crippen molar-refractivity contribution in [3.63, 3.8) is 0 Å². The molecular weight excluding hydrogens is 372 g/mol. The summed E-state index contributed by atoms with van der Waals surface area (Å²) in [5.41, 5.74) is 2.02. The van der Waals surface area contributed by atoms with Crippen LogP contribution in [0.3, 0.4) is 0 Å². The van der Waals surface area contributed by atoms with E-state index in [0.717, 1.165) is 10.0 Å². The molecule has 0 atom stereocenters. The first kappa shape index (κ1) is 17.4. The van der Waals surface area contributed by atoms with Gasteiger partial charge in [0.2, 0.25) is 5.70 Å². The van der Waals surface area contributed by atoms with Gasteiger partial charge in [-0.25, -0.2) is 0 Å². The Morgan fingerprint density at radius 2 is 2.09 bits per heavy atom. The number of hydrogen-bond donors (Lipinski definition) is 1. The van der Waals surface area contributed by atoms with Crippen LogP contribution < -0.4 is 15.0 Å². The maximum Gasteiger partial charge on any atom is 0.238 e. The summed E-state index contributed by atoms with van der Waals surface area (Å²) in [6.45, 7) is 6.13. The molecular formula is C18H17BrN2OS. The highest BCUT2D eigenvalue weighted by atomic mass is 79.9. The second-order valence-electron chi connectivity index (χ2n) is 4.94. The van der Waals surface area contributed by atoms with Crippen molar-refractivity contribution in [3.05, 3.63) is 77.0 Å². The largest absolute Gasteiger partial charge is 0.867 e. The van der Waals surface area contributed by atoms with Crippen molar-refractivity contribution in [2.75, 3.05) is 6.54 Å². The molecule has 1 heterocycles. The van der Waals surface area contributed by atoms with E-state index in [-0.39, 0.29) is 5.76 Å². The molecule has 0 bridgehead atoms. The Balaban J connectivity index is 2.61. The van der Waals surface area contributed by atoms with Gasteiger partial charge in [-0.2, -0.15) is 4.57 Å². The first-order chi connectivity index (χ1) is 11.0. The molecule has 5 heteroatoms. The lowest BCUT2D eigenvalue weighted by Crippen LogP contribution is -2.42. The zero-order valence-electron chi connectivity index (χ0n) is 12.8. The van der Waals surface area contributed by atoms with E-state index in [4.69, 9.17) is 12.2 Å². The number of thiocarbonyl (C=S) groups is 1. The van der Waals surface area contributed by atoms with E-state index in [1.807, 2.05) is 49.6 Å². The number of nitrogens with zero attached hydrogens (tertiary/aromatic N) is 1. The highest BCUT2D eigenvalue weighted by molar-refractivity contribution is 9.10. The fourth-order valence-corrected chi connectivity index (χ4v) is 2.84. The Morgan fingerprint density at radius 3 is 2.74 bits per heavy atom.